The van der Waals surface area contributed by atoms with Crippen molar-refractivity contribution in [2.24, 2.45) is 17.1 Å². The fraction of sp³-hybridized carbons (Fsp3) is 0.875. The van der Waals surface area contributed by atoms with E-state index in [0.717, 1.165) is 25.2 Å². The highest BCUT2D eigenvalue weighted by Crippen LogP contribution is 2.45. The molecule has 20 heavy (non-hydrogen) atoms. The van der Waals surface area contributed by atoms with Gasteiger partial charge in [0.15, 0.2) is 5.82 Å². The van der Waals surface area contributed by atoms with Crippen molar-refractivity contribution in [3.8, 4) is 0 Å². The van der Waals surface area contributed by atoms with Crippen LogP contribution in [0.1, 0.15) is 84.5 Å². The molecule has 2 rings (SSSR count). The van der Waals surface area contributed by atoms with Crippen molar-refractivity contribution in [2.45, 2.75) is 78.2 Å². The summed E-state index contributed by atoms with van der Waals surface area (Å²) in [6, 6.07) is -0.183. The van der Waals surface area contributed by atoms with E-state index in [4.69, 9.17) is 10.3 Å². The van der Waals surface area contributed by atoms with Crippen LogP contribution in [0.5, 0.6) is 0 Å². The fourth-order valence-electron chi connectivity index (χ4n) is 3.30. The summed E-state index contributed by atoms with van der Waals surface area (Å²) < 4.78 is 5.63. The number of rotatable bonds is 4. The molecule has 1 aliphatic carbocycles. The van der Waals surface area contributed by atoms with E-state index in [2.05, 4.69) is 44.8 Å². The van der Waals surface area contributed by atoms with Gasteiger partial charge in [-0.3, -0.25) is 0 Å². The summed E-state index contributed by atoms with van der Waals surface area (Å²) in [6.45, 7) is 10.8. The zero-order chi connectivity index (χ0) is 15.0. The van der Waals surface area contributed by atoms with E-state index in [1.54, 1.807) is 0 Å². The number of aromatic nitrogens is 2. The molecule has 2 N–H and O–H groups in total. The highest BCUT2D eigenvalue weighted by atomic mass is 16.5. The molecule has 1 aliphatic rings. The Bertz CT molecular complexity index is 439. The van der Waals surface area contributed by atoms with Gasteiger partial charge < -0.3 is 10.3 Å². The molecular weight excluding hydrogens is 250 g/mol. The molecule has 1 atom stereocenters. The first kappa shape index (κ1) is 15.5. The van der Waals surface area contributed by atoms with E-state index < -0.39 is 0 Å². The molecule has 114 valence electrons. The van der Waals surface area contributed by atoms with Gasteiger partial charge in [0, 0.05) is 5.41 Å². The lowest BCUT2D eigenvalue weighted by molar-refractivity contribution is 0.241. The van der Waals surface area contributed by atoms with E-state index in [0.29, 0.717) is 11.7 Å². The molecule has 1 aromatic rings. The summed E-state index contributed by atoms with van der Waals surface area (Å²) in [4.78, 5) is 4.68. The molecule has 4 heteroatoms. The largest absolute Gasteiger partial charge is 0.339 e. The lowest BCUT2D eigenvalue weighted by atomic mass is 9.78. The molecule has 0 bridgehead atoms. The quantitative estimate of drug-likeness (QED) is 0.905. The number of hydrogen-bond donors (Lipinski definition) is 1. The predicted molar refractivity (Wildman–Crippen MR) is 80.3 cm³/mol. The van der Waals surface area contributed by atoms with E-state index in [1.165, 1.54) is 12.8 Å². The maximum absolute atomic E-state index is 6.24. The van der Waals surface area contributed by atoms with Crippen molar-refractivity contribution in [1.29, 1.82) is 0 Å². The maximum atomic E-state index is 6.24. The van der Waals surface area contributed by atoms with Crippen LogP contribution in [0, 0.1) is 11.3 Å². The van der Waals surface area contributed by atoms with Gasteiger partial charge in [0.05, 0.1) is 6.04 Å². The normalized spacial score (nSPS) is 20.6. The molecule has 0 spiro atoms. The van der Waals surface area contributed by atoms with Gasteiger partial charge in [-0.15, -0.1) is 0 Å². The molecule has 1 unspecified atom stereocenters. The molecule has 0 aliphatic heterocycles. The van der Waals surface area contributed by atoms with Crippen molar-refractivity contribution < 1.29 is 4.52 Å². The van der Waals surface area contributed by atoms with Crippen molar-refractivity contribution in [3.63, 3.8) is 0 Å². The third-order valence-corrected chi connectivity index (χ3v) is 4.47. The first-order chi connectivity index (χ1) is 9.24. The highest BCUT2D eigenvalue weighted by molar-refractivity contribution is 5.10. The van der Waals surface area contributed by atoms with Gasteiger partial charge in [-0.25, -0.2) is 0 Å². The summed E-state index contributed by atoms with van der Waals surface area (Å²) >= 11 is 0. The standard InChI is InChI=1S/C16H29N3O/c1-11(2)10-16(8-6-7-9-16)14-18-13(19-20-14)12(17)15(3,4)5/h11-12H,6-10,17H2,1-5H3. The third kappa shape index (κ3) is 3.05. The second-order valence-corrected chi connectivity index (χ2v) is 7.89. The Hall–Kier alpha value is -0.900. The van der Waals surface area contributed by atoms with E-state index in [9.17, 15) is 0 Å². The van der Waals surface area contributed by atoms with Crippen LogP contribution in [-0.4, -0.2) is 10.1 Å². The Morgan fingerprint density at radius 3 is 2.35 bits per heavy atom. The van der Waals surface area contributed by atoms with Crippen LogP contribution in [0.4, 0.5) is 0 Å². The van der Waals surface area contributed by atoms with Gasteiger partial charge in [-0.1, -0.05) is 52.6 Å². The van der Waals surface area contributed by atoms with Gasteiger partial charge in [-0.05, 0) is 30.6 Å². The van der Waals surface area contributed by atoms with Crippen molar-refractivity contribution in [2.75, 3.05) is 0 Å². The molecule has 1 saturated carbocycles. The minimum absolute atomic E-state index is 0.0535. The lowest BCUT2D eigenvalue weighted by Gasteiger charge is -2.27. The molecule has 4 nitrogen and oxygen atoms in total. The van der Waals surface area contributed by atoms with Crippen molar-refractivity contribution in [3.05, 3.63) is 11.7 Å². The van der Waals surface area contributed by atoms with Crippen LogP contribution in [0.25, 0.3) is 0 Å². The zero-order valence-electron chi connectivity index (χ0n) is 13.6. The smallest absolute Gasteiger partial charge is 0.232 e. The van der Waals surface area contributed by atoms with Crippen molar-refractivity contribution in [1.82, 2.24) is 10.1 Å². The second kappa shape index (κ2) is 5.47. The van der Waals surface area contributed by atoms with Gasteiger partial charge in [-0.2, -0.15) is 4.98 Å². The topological polar surface area (TPSA) is 64.9 Å². The average molecular weight is 279 g/mol. The van der Waals surface area contributed by atoms with Gasteiger partial charge in [0.2, 0.25) is 5.89 Å². The monoisotopic (exact) mass is 279 g/mol. The molecule has 0 aromatic carbocycles. The van der Waals surface area contributed by atoms with Gasteiger partial charge >= 0.3 is 0 Å². The molecule has 0 saturated heterocycles. The molecular formula is C16H29N3O. The van der Waals surface area contributed by atoms with Crippen LogP contribution in [0.15, 0.2) is 4.52 Å². The van der Waals surface area contributed by atoms with E-state index in [1.807, 2.05) is 0 Å². The van der Waals surface area contributed by atoms with Crippen LogP contribution in [-0.2, 0) is 5.41 Å². The van der Waals surface area contributed by atoms with Gasteiger partial charge in [0.25, 0.3) is 0 Å². The summed E-state index contributed by atoms with van der Waals surface area (Å²) in [7, 11) is 0. The predicted octanol–water partition coefficient (Wildman–Crippen LogP) is 3.97. The van der Waals surface area contributed by atoms with Crippen LogP contribution in [0.2, 0.25) is 0 Å². The number of nitrogens with zero attached hydrogens (tertiary/aromatic N) is 2. The Morgan fingerprint density at radius 2 is 1.85 bits per heavy atom. The summed E-state index contributed by atoms with van der Waals surface area (Å²) in [6.07, 6.45) is 5.97. The minimum atomic E-state index is -0.183. The molecule has 0 radical (unpaired) electrons. The minimum Gasteiger partial charge on any atom is -0.339 e. The molecule has 1 fully saturated rings. The zero-order valence-corrected chi connectivity index (χ0v) is 13.6. The van der Waals surface area contributed by atoms with Crippen LogP contribution in [0.3, 0.4) is 0 Å². The SMILES string of the molecule is CC(C)CC1(c2nc(C(N)C(C)(C)C)no2)CCCC1. The second-order valence-electron chi connectivity index (χ2n) is 7.89. The first-order valence-electron chi connectivity index (χ1n) is 7.84. The summed E-state index contributed by atoms with van der Waals surface area (Å²) in [5, 5.41) is 4.17. The molecule has 1 aromatic heterocycles. The summed E-state index contributed by atoms with van der Waals surface area (Å²) in [5.74, 6) is 2.11. The number of nitrogens with two attached hydrogens (primary N) is 1. The first-order valence-corrected chi connectivity index (χ1v) is 7.84. The third-order valence-electron chi connectivity index (χ3n) is 4.47. The average Bonchev–Trinajstić information content (AvgIpc) is 2.94. The lowest BCUT2D eigenvalue weighted by Crippen LogP contribution is -2.28. The van der Waals surface area contributed by atoms with Crippen LogP contribution >= 0.6 is 0 Å². The molecule has 0 amide bonds. The maximum Gasteiger partial charge on any atom is 0.232 e. The Labute approximate surface area is 122 Å². The van der Waals surface area contributed by atoms with Crippen molar-refractivity contribution >= 4 is 0 Å². The summed E-state index contributed by atoms with van der Waals surface area (Å²) in [5.41, 5.74) is 6.28. The van der Waals surface area contributed by atoms with Gasteiger partial charge in [0.1, 0.15) is 0 Å². The Balaban J connectivity index is 2.26. The number of hydrogen-bond acceptors (Lipinski definition) is 4. The Morgan fingerprint density at radius 1 is 1.25 bits per heavy atom. The van der Waals surface area contributed by atoms with E-state index in [-0.39, 0.29) is 16.9 Å². The van der Waals surface area contributed by atoms with Crippen LogP contribution < -0.4 is 5.73 Å². The van der Waals surface area contributed by atoms with E-state index >= 15 is 0 Å². The molecule has 1 heterocycles. The fourth-order valence-corrected chi connectivity index (χ4v) is 3.30. The highest BCUT2D eigenvalue weighted by Gasteiger charge is 2.41. The Kier molecular flexibility index (Phi) is 4.24.